The number of aldehydes is 2. The van der Waals surface area contributed by atoms with Gasteiger partial charge in [0, 0.05) is 12.2 Å². The Labute approximate surface area is 167 Å². The summed E-state index contributed by atoms with van der Waals surface area (Å²) in [5.41, 5.74) is 1.02. The maximum atomic E-state index is 12.0. The van der Waals surface area contributed by atoms with Crippen molar-refractivity contribution in [1.82, 2.24) is 0 Å². The van der Waals surface area contributed by atoms with Gasteiger partial charge in [0.25, 0.3) is 0 Å². The van der Waals surface area contributed by atoms with Crippen LogP contribution < -0.4 is 0 Å². The summed E-state index contributed by atoms with van der Waals surface area (Å²) >= 11 is 1.65. The van der Waals surface area contributed by atoms with Gasteiger partial charge in [-0.25, -0.2) is 0 Å². The second kappa shape index (κ2) is 11.3. The lowest BCUT2D eigenvalue weighted by molar-refractivity contribution is -0.143. The maximum absolute atomic E-state index is 12.0. The number of carboxylic acid groups (broad SMARTS) is 1. The van der Waals surface area contributed by atoms with E-state index in [1.54, 1.807) is 18.7 Å². The number of aryl methyl sites for hydroxylation is 1. The number of aliphatic carboxylic acids is 1. The summed E-state index contributed by atoms with van der Waals surface area (Å²) in [5, 5.41) is 9.86. The van der Waals surface area contributed by atoms with Crippen LogP contribution in [0.4, 0.5) is 0 Å². The van der Waals surface area contributed by atoms with E-state index in [9.17, 15) is 19.5 Å². The number of rotatable bonds is 14. The Morgan fingerprint density at radius 3 is 2.44 bits per heavy atom. The molecule has 0 saturated carbocycles. The Bertz CT molecular complexity index is 626. The minimum Gasteiger partial charge on any atom is -0.481 e. The molecule has 1 atom stereocenters. The highest BCUT2D eigenvalue weighted by Gasteiger charge is 2.34. The number of carboxylic acids is 1. The fourth-order valence-electron chi connectivity index (χ4n) is 3.21. The molecule has 0 bridgehead atoms. The first-order valence-electron chi connectivity index (χ1n) is 9.53. The SMILES string of the molecule is CC(C)(CCCCC(C)(C(=O)O)c1cccc(CCC=O)c1)CSCC=O. The van der Waals surface area contributed by atoms with Crippen molar-refractivity contribution in [3.63, 3.8) is 0 Å². The maximum Gasteiger partial charge on any atom is 0.313 e. The van der Waals surface area contributed by atoms with E-state index in [4.69, 9.17) is 0 Å². The highest BCUT2D eigenvalue weighted by molar-refractivity contribution is 7.99. The third kappa shape index (κ3) is 7.87. The summed E-state index contributed by atoms with van der Waals surface area (Å²) in [7, 11) is 0. The Hall–Kier alpha value is -1.62. The first-order valence-corrected chi connectivity index (χ1v) is 10.7. The molecule has 0 heterocycles. The molecular formula is C22H32O4S. The lowest BCUT2D eigenvalue weighted by atomic mass is 9.76. The summed E-state index contributed by atoms with van der Waals surface area (Å²) in [6.45, 7) is 6.18. The van der Waals surface area contributed by atoms with E-state index in [-0.39, 0.29) is 5.41 Å². The van der Waals surface area contributed by atoms with Crippen LogP contribution in [0.1, 0.15) is 64.0 Å². The Morgan fingerprint density at radius 1 is 1.11 bits per heavy atom. The second-order valence-electron chi connectivity index (χ2n) is 8.10. The van der Waals surface area contributed by atoms with Crippen molar-refractivity contribution >= 4 is 30.3 Å². The topological polar surface area (TPSA) is 71.4 Å². The normalized spacial score (nSPS) is 13.7. The quantitative estimate of drug-likeness (QED) is 0.368. The molecule has 5 heteroatoms. The van der Waals surface area contributed by atoms with Crippen LogP contribution >= 0.6 is 11.8 Å². The van der Waals surface area contributed by atoms with Crippen molar-refractivity contribution in [2.75, 3.05) is 11.5 Å². The van der Waals surface area contributed by atoms with Crippen LogP contribution in [-0.4, -0.2) is 35.2 Å². The van der Waals surface area contributed by atoms with Gasteiger partial charge in [-0.05, 0) is 48.5 Å². The molecule has 150 valence electrons. The minimum absolute atomic E-state index is 0.141. The standard InChI is InChI=1S/C22H32O4S/c1-21(2,17-27-15-14-24)11-4-5-12-22(3,20(25)26)19-10-6-8-18(16-19)9-7-13-23/h6,8,10,13-14,16H,4-5,7,9,11-12,15,17H2,1-3H3,(H,25,26). The predicted molar refractivity (Wildman–Crippen MR) is 111 cm³/mol. The van der Waals surface area contributed by atoms with Gasteiger partial charge in [0.05, 0.1) is 5.41 Å². The molecule has 0 aromatic heterocycles. The molecule has 0 aliphatic carbocycles. The Morgan fingerprint density at radius 2 is 1.81 bits per heavy atom. The number of hydrogen-bond acceptors (Lipinski definition) is 4. The van der Waals surface area contributed by atoms with Crippen molar-refractivity contribution in [2.45, 2.75) is 64.7 Å². The van der Waals surface area contributed by atoms with Crippen LogP contribution in [0.25, 0.3) is 0 Å². The zero-order valence-electron chi connectivity index (χ0n) is 16.7. The molecule has 0 fully saturated rings. The molecule has 0 radical (unpaired) electrons. The Balaban J connectivity index is 2.69. The van der Waals surface area contributed by atoms with E-state index in [0.29, 0.717) is 25.0 Å². The van der Waals surface area contributed by atoms with Crippen molar-refractivity contribution in [2.24, 2.45) is 5.41 Å². The fraction of sp³-hybridized carbons (Fsp3) is 0.591. The predicted octanol–water partition coefficient (Wildman–Crippen LogP) is 4.68. The molecule has 1 unspecified atom stereocenters. The lowest BCUT2D eigenvalue weighted by Crippen LogP contribution is -2.32. The monoisotopic (exact) mass is 392 g/mol. The molecule has 1 aromatic carbocycles. The van der Waals surface area contributed by atoms with Gasteiger partial charge in [-0.1, -0.05) is 51.0 Å². The lowest BCUT2D eigenvalue weighted by Gasteiger charge is -2.28. The highest BCUT2D eigenvalue weighted by Crippen LogP contribution is 2.33. The molecule has 0 spiro atoms. The molecule has 27 heavy (non-hydrogen) atoms. The van der Waals surface area contributed by atoms with Crippen molar-refractivity contribution in [3.05, 3.63) is 35.4 Å². The number of hydrogen-bond donors (Lipinski definition) is 1. The molecule has 4 nitrogen and oxygen atoms in total. The van der Waals surface area contributed by atoms with Crippen molar-refractivity contribution in [1.29, 1.82) is 0 Å². The minimum atomic E-state index is -0.923. The van der Waals surface area contributed by atoms with Gasteiger partial charge < -0.3 is 14.7 Å². The number of carbonyl (C=O) groups is 3. The first-order chi connectivity index (χ1) is 12.7. The van der Waals surface area contributed by atoms with Crippen molar-refractivity contribution < 1.29 is 19.5 Å². The zero-order chi connectivity index (χ0) is 20.3. The van der Waals surface area contributed by atoms with E-state index in [1.807, 2.05) is 24.3 Å². The third-order valence-electron chi connectivity index (χ3n) is 5.05. The third-order valence-corrected chi connectivity index (χ3v) is 6.40. The van der Waals surface area contributed by atoms with E-state index in [2.05, 4.69) is 13.8 Å². The summed E-state index contributed by atoms with van der Waals surface area (Å²) in [6.07, 6.45) is 6.29. The summed E-state index contributed by atoms with van der Waals surface area (Å²) in [6, 6.07) is 7.62. The number of carbonyl (C=O) groups excluding carboxylic acids is 2. The summed E-state index contributed by atoms with van der Waals surface area (Å²) in [5.74, 6) is 0.651. The average Bonchev–Trinajstić information content (AvgIpc) is 2.63. The fourth-order valence-corrected chi connectivity index (χ4v) is 4.12. The molecule has 0 aliphatic heterocycles. The molecular weight excluding hydrogens is 360 g/mol. The van der Waals surface area contributed by atoms with Gasteiger partial charge in [0.2, 0.25) is 0 Å². The van der Waals surface area contributed by atoms with Crippen LogP contribution in [0.15, 0.2) is 24.3 Å². The summed E-state index contributed by atoms with van der Waals surface area (Å²) < 4.78 is 0. The number of unbranched alkanes of at least 4 members (excludes halogenated alkanes) is 1. The van der Waals surface area contributed by atoms with Crippen LogP contribution in [0.5, 0.6) is 0 Å². The van der Waals surface area contributed by atoms with Crippen LogP contribution in [0.2, 0.25) is 0 Å². The van der Waals surface area contributed by atoms with Crippen LogP contribution in [0, 0.1) is 5.41 Å². The Kier molecular flexibility index (Phi) is 9.78. The van der Waals surface area contributed by atoms with E-state index >= 15 is 0 Å². The van der Waals surface area contributed by atoms with Crippen LogP contribution in [-0.2, 0) is 26.2 Å². The summed E-state index contributed by atoms with van der Waals surface area (Å²) in [4.78, 5) is 33.1. The van der Waals surface area contributed by atoms with Gasteiger partial charge in [-0.15, -0.1) is 0 Å². The van der Waals surface area contributed by atoms with Gasteiger partial charge in [0.15, 0.2) is 0 Å². The average molecular weight is 393 g/mol. The first kappa shape index (κ1) is 23.4. The zero-order valence-corrected chi connectivity index (χ0v) is 17.5. The molecule has 1 aromatic rings. The highest BCUT2D eigenvalue weighted by atomic mass is 32.2. The van der Waals surface area contributed by atoms with E-state index in [1.165, 1.54) is 0 Å². The molecule has 0 aliphatic rings. The van der Waals surface area contributed by atoms with Crippen molar-refractivity contribution in [3.8, 4) is 0 Å². The van der Waals surface area contributed by atoms with E-state index < -0.39 is 11.4 Å². The number of benzene rings is 1. The second-order valence-corrected chi connectivity index (χ2v) is 9.13. The van der Waals surface area contributed by atoms with Gasteiger partial charge in [0.1, 0.15) is 12.6 Å². The largest absolute Gasteiger partial charge is 0.481 e. The van der Waals surface area contributed by atoms with Crippen LogP contribution in [0.3, 0.4) is 0 Å². The van der Waals surface area contributed by atoms with Gasteiger partial charge in [-0.2, -0.15) is 11.8 Å². The molecule has 0 amide bonds. The molecule has 1 N–H and O–H groups in total. The number of thioether (sulfide) groups is 1. The van der Waals surface area contributed by atoms with Gasteiger partial charge in [-0.3, -0.25) is 4.79 Å². The molecule has 1 rings (SSSR count). The smallest absolute Gasteiger partial charge is 0.313 e. The van der Waals surface area contributed by atoms with E-state index in [0.717, 1.165) is 48.7 Å². The molecule has 0 saturated heterocycles. The van der Waals surface area contributed by atoms with Gasteiger partial charge >= 0.3 is 5.97 Å².